The zero-order valence-corrected chi connectivity index (χ0v) is 13.0. The predicted octanol–water partition coefficient (Wildman–Crippen LogP) is 3.43. The highest BCUT2D eigenvalue weighted by Gasteiger charge is 2.14. The summed E-state index contributed by atoms with van der Waals surface area (Å²) in [5.41, 5.74) is 8.51. The summed E-state index contributed by atoms with van der Waals surface area (Å²) in [5.74, 6) is 0. The van der Waals surface area contributed by atoms with E-state index in [-0.39, 0.29) is 0 Å². The van der Waals surface area contributed by atoms with Crippen molar-refractivity contribution in [3.8, 4) is 0 Å². The fourth-order valence-corrected chi connectivity index (χ4v) is 2.62. The standard InChI is InChI=1S/C14H18Cl2N4/c1-2-3-7-14-13(8-17)18-19-20(14)9-10-11(15)5-4-6-12(10)16/h4-6H,2-3,7-9,17H2,1H3. The number of rotatable bonds is 6. The lowest BCUT2D eigenvalue weighted by molar-refractivity contribution is 0.606. The SMILES string of the molecule is CCCCc1c(CN)nnn1Cc1c(Cl)cccc1Cl. The Kier molecular flexibility index (Phi) is 5.40. The fourth-order valence-electron chi connectivity index (χ4n) is 2.11. The molecule has 0 bridgehead atoms. The molecule has 0 saturated carbocycles. The van der Waals surface area contributed by atoms with Gasteiger partial charge >= 0.3 is 0 Å². The minimum absolute atomic E-state index is 0.398. The zero-order valence-electron chi connectivity index (χ0n) is 11.4. The van der Waals surface area contributed by atoms with Gasteiger partial charge in [0.25, 0.3) is 0 Å². The molecule has 1 heterocycles. The third-order valence-corrected chi connectivity index (χ3v) is 3.96. The third kappa shape index (κ3) is 3.32. The van der Waals surface area contributed by atoms with E-state index in [2.05, 4.69) is 17.2 Å². The van der Waals surface area contributed by atoms with Crippen LogP contribution in [-0.4, -0.2) is 15.0 Å². The summed E-state index contributed by atoms with van der Waals surface area (Å²) in [5, 5.41) is 9.62. The van der Waals surface area contributed by atoms with E-state index in [0.717, 1.165) is 36.2 Å². The van der Waals surface area contributed by atoms with Gasteiger partial charge in [-0.25, -0.2) is 4.68 Å². The van der Waals surface area contributed by atoms with Crippen LogP contribution in [0.1, 0.15) is 36.7 Å². The van der Waals surface area contributed by atoms with Gasteiger partial charge < -0.3 is 5.73 Å². The second-order valence-electron chi connectivity index (χ2n) is 4.65. The molecule has 0 aliphatic heterocycles. The van der Waals surface area contributed by atoms with Crippen LogP contribution < -0.4 is 5.73 Å². The lowest BCUT2D eigenvalue weighted by Gasteiger charge is -2.10. The molecule has 0 aliphatic rings. The van der Waals surface area contributed by atoms with Crippen LogP contribution in [0.25, 0.3) is 0 Å². The molecule has 4 nitrogen and oxygen atoms in total. The van der Waals surface area contributed by atoms with Crippen LogP contribution in [0.4, 0.5) is 0 Å². The summed E-state index contributed by atoms with van der Waals surface area (Å²) in [6.07, 6.45) is 3.11. The number of benzene rings is 1. The van der Waals surface area contributed by atoms with Gasteiger partial charge in [0.15, 0.2) is 0 Å². The molecule has 20 heavy (non-hydrogen) atoms. The smallest absolute Gasteiger partial charge is 0.0994 e. The minimum atomic E-state index is 0.398. The Balaban J connectivity index is 2.31. The third-order valence-electron chi connectivity index (χ3n) is 3.25. The lowest BCUT2D eigenvalue weighted by atomic mass is 10.1. The Bertz CT molecular complexity index is 560. The van der Waals surface area contributed by atoms with Crippen LogP contribution in [0.2, 0.25) is 10.0 Å². The van der Waals surface area contributed by atoms with Crippen LogP contribution in [0.5, 0.6) is 0 Å². The molecule has 0 saturated heterocycles. The van der Waals surface area contributed by atoms with Crippen LogP contribution in [0, 0.1) is 0 Å². The molecule has 2 aromatic rings. The van der Waals surface area contributed by atoms with E-state index in [9.17, 15) is 0 Å². The summed E-state index contributed by atoms with van der Waals surface area (Å²) in [7, 11) is 0. The van der Waals surface area contributed by atoms with Gasteiger partial charge in [-0.05, 0) is 25.0 Å². The summed E-state index contributed by atoms with van der Waals surface area (Å²) in [4.78, 5) is 0. The second kappa shape index (κ2) is 7.07. The van der Waals surface area contributed by atoms with Crippen LogP contribution in [0.15, 0.2) is 18.2 Å². The number of halogens is 2. The quantitative estimate of drug-likeness (QED) is 0.889. The number of hydrogen-bond donors (Lipinski definition) is 1. The zero-order chi connectivity index (χ0) is 14.5. The molecule has 1 aromatic heterocycles. The molecule has 0 radical (unpaired) electrons. The van der Waals surface area contributed by atoms with E-state index in [4.69, 9.17) is 28.9 Å². The summed E-state index contributed by atoms with van der Waals surface area (Å²) in [6.45, 7) is 3.07. The van der Waals surface area contributed by atoms with Gasteiger partial charge in [0, 0.05) is 22.2 Å². The molecule has 108 valence electrons. The number of nitrogens with two attached hydrogens (primary N) is 1. The van der Waals surface area contributed by atoms with Gasteiger partial charge in [-0.2, -0.15) is 0 Å². The van der Waals surface area contributed by atoms with E-state index in [0.29, 0.717) is 23.1 Å². The van der Waals surface area contributed by atoms with Crippen molar-refractivity contribution in [3.63, 3.8) is 0 Å². The van der Waals surface area contributed by atoms with E-state index >= 15 is 0 Å². The van der Waals surface area contributed by atoms with Gasteiger partial charge in [0.1, 0.15) is 0 Å². The highest BCUT2D eigenvalue weighted by Crippen LogP contribution is 2.25. The normalized spacial score (nSPS) is 11.0. The Morgan fingerprint density at radius 3 is 2.55 bits per heavy atom. The van der Waals surface area contributed by atoms with E-state index < -0.39 is 0 Å². The monoisotopic (exact) mass is 312 g/mol. The maximum absolute atomic E-state index is 6.21. The second-order valence-corrected chi connectivity index (χ2v) is 5.46. The topological polar surface area (TPSA) is 56.7 Å². The predicted molar refractivity (Wildman–Crippen MR) is 82.1 cm³/mol. The van der Waals surface area contributed by atoms with Crippen LogP contribution in [0.3, 0.4) is 0 Å². The molecule has 0 aliphatic carbocycles. The van der Waals surface area contributed by atoms with Crippen molar-refractivity contribution in [1.29, 1.82) is 0 Å². The average molecular weight is 313 g/mol. The molecular weight excluding hydrogens is 295 g/mol. The average Bonchev–Trinajstić information content (AvgIpc) is 2.82. The van der Waals surface area contributed by atoms with Gasteiger partial charge in [-0.15, -0.1) is 5.10 Å². The molecule has 2 N–H and O–H groups in total. The highest BCUT2D eigenvalue weighted by molar-refractivity contribution is 6.35. The van der Waals surface area contributed by atoms with Gasteiger partial charge in [-0.3, -0.25) is 0 Å². The van der Waals surface area contributed by atoms with Gasteiger partial charge in [-0.1, -0.05) is 47.8 Å². The van der Waals surface area contributed by atoms with Crippen molar-refractivity contribution in [2.24, 2.45) is 5.73 Å². The summed E-state index contributed by atoms with van der Waals surface area (Å²) < 4.78 is 1.85. The van der Waals surface area contributed by atoms with Crippen molar-refractivity contribution in [1.82, 2.24) is 15.0 Å². The Hall–Kier alpha value is -1.10. The van der Waals surface area contributed by atoms with Crippen LogP contribution in [-0.2, 0) is 19.5 Å². The lowest BCUT2D eigenvalue weighted by Crippen LogP contribution is -2.09. The number of unbranched alkanes of at least 4 members (excludes halogenated alkanes) is 1. The van der Waals surface area contributed by atoms with Crippen molar-refractivity contribution < 1.29 is 0 Å². The molecular formula is C14H18Cl2N4. The first kappa shape index (κ1) is 15.3. The molecule has 0 unspecified atom stereocenters. The maximum Gasteiger partial charge on any atom is 0.0994 e. The first-order valence-electron chi connectivity index (χ1n) is 6.71. The Morgan fingerprint density at radius 2 is 1.95 bits per heavy atom. The molecule has 0 atom stereocenters. The summed E-state index contributed by atoms with van der Waals surface area (Å²) in [6, 6.07) is 5.49. The van der Waals surface area contributed by atoms with Gasteiger partial charge in [0.2, 0.25) is 0 Å². The van der Waals surface area contributed by atoms with Crippen molar-refractivity contribution in [3.05, 3.63) is 45.2 Å². The van der Waals surface area contributed by atoms with Gasteiger partial charge in [0.05, 0.1) is 17.9 Å². The highest BCUT2D eigenvalue weighted by atomic mass is 35.5. The van der Waals surface area contributed by atoms with Crippen molar-refractivity contribution in [2.75, 3.05) is 0 Å². The largest absolute Gasteiger partial charge is 0.325 e. The van der Waals surface area contributed by atoms with E-state index in [1.54, 1.807) is 0 Å². The first-order valence-corrected chi connectivity index (χ1v) is 7.47. The van der Waals surface area contributed by atoms with E-state index in [1.807, 2.05) is 22.9 Å². The molecule has 1 aromatic carbocycles. The van der Waals surface area contributed by atoms with Crippen molar-refractivity contribution in [2.45, 2.75) is 39.3 Å². The number of hydrogen-bond acceptors (Lipinski definition) is 3. The number of nitrogens with zero attached hydrogens (tertiary/aromatic N) is 3. The number of aromatic nitrogens is 3. The fraction of sp³-hybridized carbons (Fsp3) is 0.429. The Morgan fingerprint density at radius 1 is 1.25 bits per heavy atom. The molecule has 2 rings (SSSR count). The van der Waals surface area contributed by atoms with Crippen molar-refractivity contribution >= 4 is 23.2 Å². The maximum atomic E-state index is 6.21. The molecule has 0 fully saturated rings. The minimum Gasteiger partial charge on any atom is -0.325 e. The summed E-state index contributed by atoms with van der Waals surface area (Å²) >= 11 is 12.4. The Labute approximate surface area is 128 Å². The van der Waals surface area contributed by atoms with Crippen LogP contribution >= 0.6 is 23.2 Å². The van der Waals surface area contributed by atoms with E-state index in [1.165, 1.54) is 0 Å². The molecule has 0 amide bonds. The molecule has 6 heteroatoms. The first-order chi connectivity index (χ1) is 9.67. The molecule has 0 spiro atoms.